The maximum absolute atomic E-state index is 10.6. The molecule has 4 heteroatoms. The Bertz CT molecular complexity index is 325. The summed E-state index contributed by atoms with van der Waals surface area (Å²) in [5, 5.41) is 0. The molecule has 0 N–H and O–H groups in total. The third-order valence-electron chi connectivity index (χ3n) is 1.70. The highest BCUT2D eigenvalue weighted by molar-refractivity contribution is 5.93. The van der Waals surface area contributed by atoms with Crippen LogP contribution < -0.4 is 0 Å². The maximum Gasteiger partial charge on any atom is 0.508 e. The fourth-order valence-electron chi connectivity index (χ4n) is 0.950. The standard InChI is InChI=1S/C8H8O.C5H10O3.C2H6/c1-7(9)8-5-3-2-4-6-8;1-3-7-5(6)8-4-2;1-2/h2-6H,1H3;3-4H2,1-2H3;1-2H3. The lowest BCUT2D eigenvalue weighted by atomic mass is 10.2. The Morgan fingerprint density at radius 2 is 1.37 bits per heavy atom. The van der Waals surface area contributed by atoms with E-state index >= 15 is 0 Å². The van der Waals surface area contributed by atoms with Gasteiger partial charge in [0.05, 0.1) is 13.2 Å². The summed E-state index contributed by atoms with van der Waals surface area (Å²) in [7, 11) is 0. The van der Waals surface area contributed by atoms with E-state index in [9.17, 15) is 9.59 Å². The van der Waals surface area contributed by atoms with Gasteiger partial charge in [-0.05, 0) is 20.8 Å². The van der Waals surface area contributed by atoms with Crippen molar-refractivity contribution in [2.75, 3.05) is 13.2 Å². The quantitative estimate of drug-likeness (QED) is 0.612. The molecule has 0 heterocycles. The molecular weight excluding hydrogens is 244 g/mol. The highest BCUT2D eigenvalue weighted by atomic mass is 16.7. The molecule has 0 aliphatic heterocycles. The van der Waals surface area contributed by atoms with Crippen molar-refractivity contribution in [2.45, 2.75) is 34.6 Å². The number of Topliss-reactive ketones (excluding diaryl/α,β-unsaturated/α-hetero) is 1. The first kappa shape index (κ1) is 19.5. The Morgan fingerprint density at radius 3 is 1.63 bits per heavy atom. The van der Waals surface area contributed by atoms with Crippen LogP contribution in [0.5, 0.6) is 0 Å². The number of benzene rings is 1. The molecule has 0 saturated heterocycles. The van der Waals surface area contributed by atoms with Crippen LogP contribution >= 0.6 is 0 Å². The van der Waals surface area contributed by atoms with Crippen molar-refractivity contribution in [3.8, 4) is 0 Å². The summed E-state index contributed by atoms with van der Waals surface area (Å²) in [5.41, 5.74) is 0.775. The van der Waals surface area contributed by atoms with Gasteiger partial charge in [0.15, 0.2) is 5.78 Å². The number of rotatable bonds is 3. The smallest absolute Gasteiger partial charge is 0.435 e. The number of ether oxygens (including phenoxy) is 2. The normalized spacial score (nSPS) is 8.05. The van der Waals surface area contributed by atoms with E-state index in [2.05, 4.69) is 9.47 Å². The monoisotopic (exact) mass is 268 g/mol. The van der Waals surface area contributed by atoms with Crippen molar-refractivity contribution in [3.05, 3.63) is 35.9 Å². The third-order valence-corrected chi connectivity index (χ3v) is 1.70. The lowest BCUT2D eigenvalue weighted by molar-refractivity contribution is 0.0630. The minimum Gasteiger partial charge on any atom is -0.435 e. The fraction of sp³-hybridized carbons (Fsp3) is 0.467. The second kappa shape index (κ2) is 14.2. The Labute approximate surface area is 115 Å². The lowest BCUT2D eigenvalue weighted by Gasteiger charge is -1.98. The first-order chi connectivity index (χ1) is 9.11. The van der Waals surface area contributed by atoms with E-state index in [0.29, 0.717) is 13.2 Å². The zero-order chi connectivity index (χ0) is 15.1. The molecule has 108 valence electrons. The van der Waals surface area contributed by atoms with E-state index in [4.69, 9.17) is 0 Å². The zero-order valence-corrected chi connectivity index (χ0v) is 12.4. The average molecular weight is 268 g/mol. The molecule has 0 aliphatic rings. The van der Waals surface area contributed by atoms with E-state index in [1.165, 1.54) is 0 Å². The third kappa shape index (κ3) is 12.4. The molecule has 1 aromatic rings. The van der Waals surface area contributed by atoms with Crippen LogP contribution in [-0.4, -0.2) is 25.2 Å². The first-order valence-electron chi connectivity index (χ1n) is 6.47. The number of ketones is 1. The molecule has 19 heavy (non-hydrogen) atoms. The van der Waals surface area contributed by atoms with E-state index in [1.807, 2.05) is 44.2 Å². The molecule has 0 saturated carbocycles. The Kier molecular flexibility index (Phi) is 14.6. The van der Waals surface area contributed by atoms with Crippen LogP contribution in [0.2, 0.25) is 0 Å². The molecule has 0 spiro atoms. The summed E-state index contributed by atoms with van der Waals surface area (Å²) in [6, 6.07) is 9.23. The lowest BCUT2D eigenvalue weighted by Crippen LogP contribution is -2.05. The molecule has 0 radical (unpaired) electrons. The van der Waals surface area contributed by atoms with Crippen LogP contribution in [0.3, 0.4) is 0 Å². The Hall–Kier alpha value is -1.84. The molecule has 0 unspecified atom stereocenters. The van der Waals surface area contributed by atoms with Gasteiger partial charge in [-0.1, -0.05) is 44.2 Å². The van der Waals surface area contributed by atoms with Gasteiger partial charge in [0.25, 0.3) is 0 Å². The van der Waals surface area contributed by atoms with Crippen molar-refractivity contribution >= 4 is 11.9 Å². The maximum atomic E-state index is 10.6. The minimum atomic E-state index is -0.588. The zero-order valence-electron chi connectivity index (χ0n) is 12.4. The van der Waals surface area contributed by atoms with Crippen LogP contribution in [0.15, 0.2) is 30.3 Å². The van der Waals surface area contributed by atoms with Crippen molar-refractivity contribution in [1.29, 1.82) is 0 Å². The first-order valence-corrected chi connectivity index (χ1v) is 6.47. The number of hydrogen-bond donors (Lipinski definition) is 0. The number of hydrogen-bond acceptors (Lipinski definition) is 4. The molecule has 1 rings (SSSR count). The summed E-state index contributed by atoms with van der Waals surface area (Å²) < 4.78 is 8.84. The van der Waals surface area contributed by atoms with Crippen LogP contribution in [-0.2, 0) is 9.47 Å². The van der Waals surface area contributed by atoms with Crippen molar-refractivity contribution in [1.82, 2.24) is 0 Å². The number of carbonyl (C=O) groups excluding carboxylic acids is 2. The van der Waals surface area contributed by atoms with Gasteiger partial charge in [-0.3, -0.25) is 4.79 Å². The van der Waals surface area contributed by atoms with Crippen LogP contribution in [0.25, 0.3) is 0 Å². The molecule has 0 bridgehead atoms. The summed E-state index contributed by atoms with van der Waals surface area (Å²) >= 11 is 0. The van der Waals surface area contributed by atoms with E-state index in [0.717, 1.165) is 5.56 Å². The predicted octanol–water partition coefficient (Wildman–Crippen LogP) is 4.09. The van der Waals surface area contributed by atoms with Gasteiger partial charge >= 0.3 is 6.16 Å². The molecule has 0 amide bonds. The van der Waals surface area contributed by atoms with Gasteiger partial charge < -0.3 is 9.47 Å². The van der Waals surface area contributed by atoms with Gasteiger partial charge in [-0.2, -0.15) is 0 Å². The summed E-state index contributed by atoms with van der Waals surface area (Å²) in [6.07, 6.45) is -0.588. The molecular formula is C15H24O4. The van der Waals surface area contributed by atoms with Gasteiger partial charge in [-0.25, -0.2) is 4.79 Å². The minimum absolute atomic E-state index is 0.121. The SMILES string of the molecule is CC.CC(=O)c1ccccc1.CCOC(=O)OCC. The molecule has 1 aromatic carbocycles. The largest absolute Gasteiger partial charge is 0.508 e. The Balaban J connectivity index is 0. The Morgan fingerprint density at radius 1 is 0.947 bits per heavy atom. The van der Waals surface area contributed by atoms with Gasteiger partial charge in [-0.15, -0.1) is 0 Å². The second-order valence-corrected chi connectivity index (χ2v) is 3.04. The molecule has 0 aliphatic carbocycles. The highest BCUT2D eigenvalue weighted by Gasteiger charge is 1.96. The van der Waals surface area contributed by atoms with E-state index in [-0.39, 0.29) is 5.78 Å². The van der Waals surface area contributed by atoms with Crippen molar-refractivity contribution in [2.24, 2.45) is 0 Å². The fourth-order valence-corrected chi connectivity index (χ4v) is 0.950. The summed E-state index contributed by atoms with van der Waals surface area (Å²) in [5.74, 6) is 0.121. The molecule has 4 nitrogen and oxygen atoms in total. The van der Waals surface area contributed by atoms with Crippen LogP contribution in [0.1, 0.15) is 45.0 Å². The van der Waals surface area contributed by atoms with Gasteiger partial charge in [0.2, 0.25) is 0 Å². The van der Waals surface area contributed by atoms with Crippen LogP contribution in [0, 0.1) is 0 Å². The number of carbonyl (C=O) groups is 2. The molecule has 0 atom stereocenters. The molecule has 0 aromatic heterocycles. The van der Waals surface area contributed by atoms with E-state index < -0.39 is 6.16 Å². The van der Waals surface area contributed by atoms with Crippen LogP contribution in [0.4, 0.5) is 4.79 Å². The average Bonchev–Trinajstić information content (AvgIpc) is 2.43. The summed E-state index contributed by atoms with van der Waals surface area (Å²) in [4.78, 5) is 20.8. The predicted molar refractivity (Wildman–Crippen MR) is 76.4 cm³/mol. The second-order valence-electron chi connectivity index (χ2n) is 3.04. The summed E-state index contributed by atoms with van der Waals surface area (Å²) in [6.45, 7) is 9.78. The van der Waals surface area contributed by atoms with Gasteiger partial charge in [0, 0.05) is 5.56 Å². The molecule has 0 fully saturated rings. The van der Waals surface area contributed by atoms with E-state index in [1.54, 1.807) is 20.8 Å². The van der Waals surface area contributed by atoms with Gasteiger partial charge in [0.1, 0.15) is 0 Å². The van der Waals surface area contributed by atoms with Crippen molar-refractivity contribution < 1.29 is 19.1 Å². The van der Waals surface area contributed by atoms with Crippen molar-refractivity contribution in [3.63, 3.8) is 0 Å². The highest BCUT2D eigenvalue weighted by Crippen LogP contribution is 1.97. The topological polar surface area (TPSA) is 52.6 Å².